The first-order valence-electron chi connectivity index (χ1n) is 5.97. The first-order chi connectivity index (χ1) is 8.40. The Hall–Kier alpha value is -1.07. The molecule has 102 valence electrons. The molecule has 1 atom stereocenters. The van der Waals surface area contributed by atoms with E-state index in [4.69, 9.17) is 5.73 Å². The summed E-state index contributed by atoms with van der Waals surface area (Å²) in [4.78, 5) is 1.98. The molecule has 18 heavy (non-hydrogen) atoms. The molecule has 0 aliphatic heterocycles. The summed E-state index contributed by atoms with van der Waals surface area (Å²) in [5, 5.41) is 0. The third-order valence-corrected chi connectivity index (χ3v) is 2.93. The number of halogens is 3. The first kappa shape index (κ1) is 15.0. The molecule has 2 nitrogen and oxygen atoms in total. The Morgan fingerprint density at radius 2 is 2.00 bits per heavy atom. The summed E-state index contributed by atoms with van der Waals surface area (Å²) >= 11 is 0. The number of likely N-dealkylation sites (N-methyl/N-ethyl adjacent to an activating group) is 1. The minimum atomic E-state index is -4.31. The summed E-state index contributed by atoms with van der Waals surface area (Å²) in [5.74, 6) is 0. The number of hydrogen-bond acceptors (Lipinski definition) is 2. The van der Waals surface area contributed by atoms with Gasteiger partial charge in [-0.3, -0.25) is 4.90 Å². The van der Waals surface area contributed by atoms with Gasteiger partial charge in [0, 0.05) is 12.6 Å². The highest BCUT2D eigenvalue weighted by Gasteiger charge is 2.31. The van der Waals surface area contributed by atoms with Crippen molar-refractivity contribution in [1.29, 1.82) is 0 Å². The Kier molecular flexibility index (Phi) is 5.16. The van der Waals surface area contributed by atoms with Crippen LogP contribution in [0.2, 0.25) is 0 Å². The molecule has 1 unspecified atom stereocenters. The summed E-state index contributed by atoms with van der Waals surface area (Å²) in [5.41, 5.74) is 5.66. The molecule has 0 amide bonds. The molecule has 0 bridgehead atoms. The van der Waals surface area contributed by atoms with Crippen LogP contribution in [0, 0.1) is 0 Å². The highest BCUT2D eigenvalue weighted by Crippen LogP contribution is 2.31. The number of nitrogens with zero attached hydrogens (tertiary/aromatic N) is 1. The van der Waals surface area contributed by atoms with Crippen LogP contribution in [-0.4, -0.2) is 25.0 Å². The van der Waals surface area contributed by atoms with Gasteiger partial charge in [-0.1, -0.05) is 19.1 Å². The maximum atomic E-state index is 12.6. The molecule has 0 heterocycles. The molecule has 1 rings (SSSR count). The summed E-state index contributed by atoms with van der Waals surface area (Å²) in [6.07, 6.45) is -3.37. The molecule has 0 aromatic heterocycles. The molecule has 0 aliphatic carbocycles. The van der Waals surface area contributed by atoms with Gasteiger partial charge >= 0.3 is 6.18 Å². The van der Waals surface area contributed by atoms with Crippen molar-refractivity contribution in [3.63, 3.8) is 0 Å². The summed E-state index contributed by atoms with van der Waals surface area (Å²) < 4.78 is 37.9. The van der Waals surface area contributed by atoms with Gasteiger partial charge in [-0.2, -0.15) is 13.2 Å². The van der Waals surface area contributed by atoms with E-state index in [9.17, 15) is 13.2 Å². The second-order valence-corrected chi connectivity index (χ2v) is 4.36. The van der Waals surface area contributed by atoms with E-state index < -0.39 is 11.7 Å². The quantitative estimate of drug-likeness (QED) is 0.881. The Bertz CT molecular complexity index is 377. The van der Waals surface area contributed by atoms with Crippen molar-refractivity contribution in [2.24, 2.45) is 5.73 Å². The van der Waals surface area contributed by atoms with E-state index in [1.807, 2.05) is 18.9 Å². The normalized spacial score (nSPS) is 13.9. The third kappa shape index (κ3) is 3.71. The van der Waals surface area contributed by atoms with Crippen molar-refractivity contribution >= 4 is 0 Å². The van der Waals surface area contributed by atoms with Crippen LogP contribution in [0.3, 0.4) is 0 Å². The van der Waals surface area contributed by atoms with Crippen molar-refractivity contribution in [3.8, 4) is 0 Å². The molecule has 0 spiro atoms. The van der Waals surface area contributed by atoms with Gasteiger partial charge in [0.05, 0.1) is 5.56 Å². The van der Waals surface area contributed by atoms with Gasteiger partial charge in [0.1, 0.15) is 0 Å². The van der Waals surface area contributed by atoms with Crippen LogP contribution in [0.5, 0.6) is 0 Å². The van der Waals surface area contributed by atoms with Crippen molar-refractivity contribution in [2.75, 3.05) is 20.1 Å². The van der Waals surface area contributed by atoms with Gasteiger partial charge in [-0.15, -0.1) is 0 Å². The summed E-state index contributed by atoms with van der Waals surface area (Å²) in [6.45, 7) is 3.13. The minimum absolute atomic E-state index is 0.174. The van der Waals surface area contributed by atoms with Crippen molar-refractivity contribution < 1.29 is 13.2 Å². The maximum absolute atomic E-state index is 12.6. The van der Waals surface area contributed by atoms with Crippen LogP contribution >= 0.6 is 0 Å². The Balaban J connectivity index is 3.00. The van der Waals surface area contributed by atoms with E-state index in [-0.39, 0.29) is 6.04 Å². The van der Waals surface area contributed by atoms with E-state index in [0.29, 0.717) is 12.1 Å². The van der Waals surface area contributed by atoms with E-state index in [1.165, 1.54) is 12.1 Å². The lowest BCUT2D eigenvalue weighted by atomic mass is 10.0. The average Bonchev–Trinajstić information content (AvgIpc) is 2.29. The minimum Gasteiger partial charge on any atom is -0.329 e. The molecule has 0 aliphatic rings. The van der Waals surface area contributed by atoms with Crippen LogP contribution in [0.15, 0.2) is 24.3 Å². The number of hydrogen-bond donors (Lipinski definition) is 1. The van der Waals surface area contributed by atoms with Gasteiger partial charge < -0.3 is 5.73 Å². The highest BCUT2D eigenvalue weighted by atomic mass is 19.4. The van der Waals surface area contributed by atoms with E-state index in [0.717, 1.165) is 19.0 Å². The van der Waals surface area contributed by atoms with Gasteiger partial charge in [0.15, 0.2) is 0 Å². The van der Waals surface area contributed by atoms with Crippen molar-refractivity contribution in [1.82, 2.24) is 4.90 Å². The predicted octanol–water partition coefficient (Wildman–Crippen LogP) is 3.05. The third-order valence-electron chi connectivity index (χ3n) is 2.93. The largest absolute Gasteiger partial charge is 0.416 e. The zero-order valence-electron chi connectivity index (χ0n) is 10.7. The lowest BCUT2D eigenvalue weighted by molar-refractivity contribution is -0.137. The Morgan fingerprint density at radius 1 is 1.33 bits per heavy atom. The molecule has 0 fully saturated rings. The highest BCUT2D eigenvalue weighted by molar-refractivity contribution is 5.28. The first-order valence-corrected chi connectivity index (χ1v) is 5.97. The number of benzene rings is 1. The maximum Gasteiger partial charge on any atom is 0.416 e. The van der Waals surface area contributed by atoms with Gasteiger partial charge in [-0.25, -0.2) is 0 Å². The number of nitrogens with two attached hydrogens (primary N) is 1. The molecule has 0 saturated heterocycles. The average molecular weight is 260 g/mol. The molecule has 1 aromatic rings. The van der Waals surface area contributed by atoms with Crippen molar-refractivity contribution in [3.05, 3.63) is 35.4 Å². The Labute approximate surface area is 106 Å². The topological polar surface area (TPSA) is 29.3 Å². The smallest absolute Gasteiger partial charge is 0.329 e. The second-order valence-electron chi connectivity index (χ2n) is 4.36. The van der Waals surface area contributed by atoms with E-state index in [1.54, 1.807) is 6.07 Å². The zero-order chi connectivity index (χ0) is 13.8. The van der Waals surface area contributed by atoms with E-state index >= 15 is 0 Å². The number of alkyl halides is 3. The molecule has 5 heteroatoms. The van der Waals surface area contributed by atoms with Crippen LogP contribution in [0.25, 0.3) is 0 Å². The molecular formula is C13H19F3N2. The standard InChI is InChI=1S/C13H19F3N2/c1-3-7-18(2)12(9-17)10-5-4-6-11(8-10)13(14,15)16/h4-6,8,12H,3,7,9,17H2,1-2H3. The predicted molar refractivity (Wildman–Crippen MR) is 66.2 cm³/mol. The van der Waals surface area contributed by atoms with Crippen LogP contribution in [0.1, 0.15) is 30.5 Å². The fraction of sp³-hybridized carbons (Fsp3) is 0.538. The SMILES string of the molecule is CCCN(C)C(CN)c1cccc(C(F)(F)F)c1. The van der Waals surface area contributed by atoms with Crippen LogP contribution in [-0.2, 0) is 6.18 Å². The molecular weight excluding hydrogens is 241 g/mol. The fourth-order valence-electron chi connectivity index (χ4n) is 2.00. The molecule has 1 aromatic carbocycles. The van der Waals surface area contributed by atoms with Gasteiger partial charge in [0.2, 0.25) is 0 Å². The monoisotopic (exact) mass is 260 g/mol. The fourth-order valence-corrected chi connectivity index (χ4v) is 2.00. The zero-order valence-corrected chi connectivity index (χ0v) is 10.7. The lowest BCUT2D eigenvalue weighted by Crippen LogP contribution is -2.31. The van der Waals surface area contributed by atoms with Crippen LogP contribution in [0.4, 0.5) is 13.2 Å². The van der Waals surface area contributed by atoms with Crippen LogP contribution < -0.4 is 5.73 Å². The van der Waals surface area contributed by atoms with Gasteiger partial charge in [-0.05, 0) is 37.7 Å². The summed E-state index contributed by atoms with van der Waals surface area (Å²) in [7, 11) is 1.88. The summed E-state index contributed by atoms with van der Waals surface area (Å²) in [6, 6.07) is 5.22. The number of rotatable bonds is 5. The van der Waals surface area contributed by atoms with Gasteiger partial charge in [0.25, 0.3) is 0 Å². The van der Waals surface area contributed by atoms with E-state index in [2.05, 4.69) is 0 Å². The second kappa shape index (κ2) is 6.20. The molecule has 0 radical (unpaired) electrons. The lowest BCUT2D eigenvalue weighted by Gasteiger charge is -2.27. The molecule has 2 N–H and O–H groups in total. The Morgan fingerprint density at radius 3 is 2.50 bits per heavy atom. The molecule has 0 saturated carbocycles. The van der Waals surface area contributed by atoms with Crippen molar-refractivity contribution in [2.45, 2.75) is 25.6 Å².